The second kappa shape index (κ2) is 9.48. The molecule has 2 aromatic carbocycles. The van der Waals surface area contributed by atoms with E-state index in [1.54, 1.807) is 18.2 Å². The van der Waals surface area contributed by atoms with E-state index >= 15 is 0 Å². The number of carbonyl (C=O) groups excluding carboxylic acids is 2. The molecule has 1 aliphatic heterocycles. The van der Waals surface area contributed by atoms with Gasteiger partial charge in [0.1, 0.15) is 5.76 Å². The number of amides is 1. The van der Waals surface area contributed by atoms with E-state index in [0.717, 1.165) is 22.0 Å². The molecule has 0 saturated carbocycles. The van der Waals surface area contributed by atoms with Gasteiger partial charge in [-0.3, -0.25) is 4.79 Å². The quantitative estimate of drug-likeness (QED) is 0.268. The summed E-state index contributed by atoms with van der Waals surface area (Å²) < 4.78 is 12.4. The van der Waals surface area contributed by atoms with Gasteiger partial charge in [0.15, 0.2) is 5.17 Å². The van der Waals surface area contributed by atoms with Crippen LogP contribution in [0.2, 0.25) is 5.02 Å². The summed E-state index contributed by atoms with van der Waals surface area (Å²) in [6.45, 7) is 2.31. The maximum atomic E-state index is 12.7. The fourth-order valence-electron chi connectivity index (χ4n) is 3.81. The van der Waals surface area contributed by atoms with Gasteiger partial charge in [-0.2, -0.15) is 0 Å². The van der Waals surface area contributed by atoms with Crippen molar-refractivity contribution in [3.63, 3.8) is 0 Å². The monoisotopic (exact) mass is 505 g/mol. The van der Waals surface area contributed by atoms with E-state index in [0.29, 0.717) is 33.1 Å². The van der Waals surface area contributed by atoms with Crippen LogP contribution in [0.3, 0.4) is 0 Å². The number of hydrogen-bond donors (Lipinski definition) is 1. The van der Waals surface area contributed by atoms with Gasteiger partial charge in [-0.1, -0.05) is 35.9 Å². The van der Waals surface area contributed by atoms with E-state index < -0.39 is 5.97 Å². The zero-order valence-corrected chi connectivity index (χ0v) is 20.4. The van der Waals surface area contributed by atoms with Crippen molar-refractivity contribution in [2.45, 2.75) is 13.5 Å². The Labute approximate surface area is 210 Å². The number of hydrogen-bond acceptors (Lipinski definition) is 6. The van der Waals surface area contributed by atoms with Gasteiger partial charge < -0.3 is 19.0 Å². The lowest BCUT2D eigenvalue weighted by Crippen LogP contribution is -2.19. The molecule has 0 unspecified atom stereocenters. The Bertz CT molecular complexity index is 1530. The van der Waals surface area contributed by atoms with Crippen LogP contribution in [-0.4, -0.2) is 28.7 Å². The third-order valence-corrected chi connectivity index (χ3v) is 6.91. The van der Waals surface area contributed by atoms with Gasteiger partial charge in [0.2, 0.25) is 5.76 Å². The van der Waals surface area contributed by atoms with Gasteiger partial charge >= 0.3 is 5.97 Å². The highest BCUT2D eigenvalue weighted by molar-refractivity contribution is 8.18. The molecular formula is C26H20ClN3O4S. The normalized spacial score (nSPS) is 15.8. The zero-order valence-electron chi connectivity index (χ0n) is 18.9. The highest BCUT2D eigenvalue weighted by atomic mass is 35.5. The van der Waals surface area contributed by atoms with Gasteiger partial charge in [0.05, 0.1) is 24.2 Å². The molecule has 0 radical (unpaired) electrons. The minimum Gasteiger partial charge on any atom is -0.463 e. The van der Waals surface area contributed by atoms with Crippen molar-refractivity contribution in [1.29, 1.82) is 0 Å². The number of halogens is 1. The minimum absolute atomic E-state index is 0.155. The molecule has 1 amide bonds. The molecular weight excluding hydrogens is 486 g/mol. The van der Waals surface area contributed by atoms with Gasteiger partial charge in [0.25, 0.3) is 5.91 Å². The van der Waals surface area contributed by atoms with Gasteiger partial charge in [-0.25, -0.2) is 9.79 Å². The number of carbonyl (C=O) groups is 2. The molecule has 176 valence electrons. The number of methoxy groups -OCH3 is 1. The van der Waals surface area contributed by atoms with Crippen LogP contribution in [0.1, 0.15) is 27.4 Å². The predicted molar refractivity (Wildman–Crippen MR) is 138 cm³/mol. The molecule has 35 heavy (non-hydrogen) atoms. The Hall–Kier alpha value is -3.75. The largest absolute Gasteiger partial charge is 0.463 e. The first kappa shape index (κ1) is 23.0. The van der Waals surface area contributed by atoms with Crippen molar-refractivity contribution in [3.8, 4) is 0 Å². The van der Waals surface area contributed by atoms with Crippen LogP contribution in [0.25, 0.3) is 17.0 Å². The number of nitrogens with one attached hydrogen (secondary N) is 1. The summed E-state index contributed by atoms with van der Waals surface area (Å²) in [7, 11) is 1.31. The number of amidine groups is 1. The smallest absolute Gasteiger partial charge is 0.373 e. The third-order valence-electron chi connectivity index (χ3n) is 5.59. The SMILES string of the molecule is COC(=O)c1ccc(Cn2cc(/C=C3\SC(=Nc4cccc(Cl)c4C)NC3=O)c3ccccc32)o1. The van der Waals surface area contributed by atoms with Crippen molar-refractivity contribution in [1.82, 2.24) is 9.88 Å². The molecule has 0 atom stereocenters. The molecule has 2 aromatic heterocycles. The summed E-state index contributed by atoms with van der Waals surface area (Å²) in [6.07, 6.45) is 3.82. The summed E-state index contributed by atoms with van der Waals surface area (Å²) in [5.74, 6) is 0.0412. The van der Waals surface area contributed by atoms with Crippen LogP contribution in [0.15, 0.2) is 75.1 Å². The van der Waals surface area contributed by atoms with E-state index in [1.165, 1.54) is 18.9 Å². The Morgan fingerprint density at radius 1 is 1.20 bits per heavy atom. The first-order valence-corrected chi connectivity index (χ1v) is 11.9. The number of ether oxygens (including phenoxy) is 1. The number of esters is 1. The van der Waals surface area contributed by atoms with E-state index in [1.807, 2.05) is 60.2 Å². The number of thioether (sulfide) groups is 1. The first-order valence-electron chi connectivity index (χ1n) is 10.7. The average molecular weight is 506 g/mol. The highest BCUT2D eigenvalue weighted by Gasteiger charge is 2.25. The summed E-state index contributed by atoms with van der Waals surface area (Å²) in [4.78, 5) is 29.5. The molecule has 0 bridgehead atoms. The van der Waals surface area contributed by atoms with Crippen LogP contribution in [0.5, 0.6) is 0 Å². The maximum Gasteiger partial charge on any atom is 0.373 e. The Morgan fingerprint density at radius 2 is 2.03 bits per heavy atom. The van der Waals surface area contributed by atoms with Crippen LogP contribution in [-0.2, 0) is 16.1 Å². The van der Waals surface area contributed by atoms with Crippen LogP contribution < -0.4 is 5.32 Å². The lowest BCUT2D eigenvalue weighted by atomic mass is 10.1. The molecule has 1 N–H and O–H groups in total. The Morgan fingerprint density at radius 3 is 2.86 bits per heavy atom. The number of fused-ring (bicyclic) bond motifs is 1. The fraction of sp³-hybridized carbons (Fsp3) is 0.115. The molecule has 0 aliphatic carbocycles. The Balaban J connectivity index is 1.45. The topological polar surface area (TPSA) is 85.8 Å². The summed E-state index contributed by atoms with van der Waals surface area (Å²) in [5, 5.41) is 4.95. The number of para-hydroxylation sites is 1. The zero-order chi connectivity index (χ0) is 24.5. The van der Waals surface area contributed by atoms with Crippen molar-refractivity contribution in [2.75, 3.05) is 7.11 Å². The molecule has 1 aliphatic rings. The maximum absolute atomic E-state index is 12.7. The molecule has 0 spiro atoms. The number of nitrogens with zero attached hydrogens (tertiary/aromatic N) is 2. The van der Waals surface area contributed by atoms with Gasteiger partial charge in [0, 0.05) is 27.7 Å². The van der Waals surface area contributed by atoms with Gasteiger partial charge in [-0.15, -0.1) is 0 Å². The van der Waals surface area contributed by atoms with Crippen molar-refractivity contribution < 1.29 is 18.7 Å². The molecule has 9 heteroatoms. The number of aromatic nitrogens is 1. The van der Waals surface area contributed by atoms with E-state index in [9.17, 15) is 9.59 Å². The van der Waals surface area contributed by atoms with Crippen molar-refractivity contribution in [2.24, 2.45) is 4.99 Å². The second-order valence-corrected chi connectivity index (χ2v) is 9.29. The number of furan rings is 1. The first-order chi connectivity index (χ1) is 16.9. The van der Waals surface area contributed by atoms with Crippen LogP contribution in [0, 0.1) is 6.92 Å². The van der Waals surface area contributed by atoms with Crippen molar-refractivity contribution in [3.05, 3.63) is 93.4 Å². The average Bonchev–Trinajstić information content (AvgIpc) is 3.55. The molecule has 3 heterocycles. The summed E-state index contributed by atoms with van der Waals surface area (Å²) >= 11 is 7.48. The molecule has 7 nitrogen and oxygen atoms in total. The number of rotatable bonds is 5. The van der Waals surface area contributed by atoms with Crippen LogP contribution in [0.4, 0.5) is 5.69 Å². The molecule has 1 fully saturated rings. The lowest BCUT2D eigenvalue weighted by molar-refractivity contribution is -0.115. The summed E-state index contributed by atoms with van der Waals surface area (Å²) in [5.41, 5.74) is 3.42. The van der Waals surface area contributed by atoms with E-state index in [2.05, 4.69) is 10.3 Å². The van der Waals surface area contributed by atoms with Crippen LogP contribution >= 0.6 is 23.4 Å². The minimum atomic E-state index is -0.520. The molecule has 1 saturated heterocycles. The second-order valence-electron chi connectivity index (χ2n) is 7.85. The highest BCUT2D eigenvalue weighted by Crippen LogP contribution is 2.33. The summed E-state index contributed by atoms with van der Waals surface area (Å²) in [6, 6.07) is 16.7. The van der Waals surface area contributed by atoms with E-state index in [4.69, 9.17) is 20.8 Å². The Kier molecular flexibility index (Phi) is 6.23. The molecule has 5 rings (SSSR count). The van der Waals surface area contributed by atoms with Gasteiger partial charge in [-0.05, 0) is 60.7 Å². The standard InChI is InChI=1S/C26H20ClN3O4S/c1-15-19(27)7-5-8-20(15)28-26-29-24(31)23(35-26)12-16-13-30(21-9-4-3-6-18(16)21)14-17-10-11-22(34-17)25(32)33-2/h3-13H,14H2,1-2H3,(H,28,29,31)/b23-12-. The molecule has 4 aromatic rings. The van der Waals surface area contributed by atoms with E-state index in [-0.39, 0.29) is 11.7 Å². The lowest BCUT2D eigenvalue weighted by Gasteiger charge is -2.02. The predicted octanol–water partition coefficient (Wildman–Crippen LogP) is 5.92. The van der Waals surface area contributed by atoms with Crippen molar-refractivity contribution >= 4 is 63.1 Å². The number of aliphatic imine (C=N–C) groups is 1. The third kappa shape index (κ3) is 4.62. The fourth-order valence-corrected chi connectivity index (χ4v) is 4.81. The number of benzene rings is 2.